The Bertz CT molecular complexity index is 911. The number of rotatable bonds is 4. The molecular weight excluding hydrogens is 330 g/mol. The largest absolute Gasteiger partial charge is 0.325 e. The quantitative estimate of drug-likeness (QED) is 0.548. The Kier molecular flexibility index (Phi) is 5.04. The van der Waals surface area contributed by atoms with Gasteiger partial charge >= 0.3 is 0 Å². The zero-order valence-electron chi connectivity index (χ0n) is 14.8. The van der Waals surface area contributed by atoms with Gasteiger partial charge < -0.3 is 5.32 Å². The van der Waals surface area contributed by atoms with Crippen LogP contribution < -0.4 is 5.32 Å². The van der Waals surface area contributed by atoms with Crippen molar-refractivity contribution in [2.75, 3.05) is 5.32 Å². The van der Waals surface area contributed by atoms with Crippen LogP contribution in [0.2, 0.25) is 0 Å². The second kappa shape index (κ2) is 7.23. The number of anilines is 1. The Hall–Kier alpha value is -2.40. The fourth-order valence-corrected chi connectivity index (χ4v) is 3.81. The highest BCUT2D eigenvalue weighted by Crippen LogP contribution is 2.29. The predicted molar refractivity (Wildman–Crippen MR) is 104 cm³/mol. The van der Waals surface area contributed by atoms with Crippen LogP contribution in [-0.4, -0.2) is 21.1 Å². The molecule has 0 saturated heterocycles. The molecule has 0 saturated carbocycles. The maximum Gasteiger partial charge on any atom is 0.237 e. The van der Waals surface area contributed by atoms with Gasteiger partial charge in [-0.25, -0.2) is 9.97 Å². The average Bonchev–Trinajstić information content (AvgIpc) is 2.58. The molecule has 1 N–H and O–H groups in total. The number of amides is 1. The normalized spacial score (nSPS) is 12.2. The Balaban J connectivity index is 1.79. The second-order valence-corrected chi connectivity index (χ2v) is 7.55. The molecule has 1 atom stereocenters. The highest BCUT2D eigenvalue weighted by Gasteiger charge is 2.18. The number of hydrogen-bond donors (Lipinski definition) is 1. The molecule has 0 spiro atoms. The van der Waals surface area contributed by atoms with Crippen LogP contribution in [0.4, 0.5) is 5.69 Å². The second-order valence-electron chi connectivity index (χ2n) is 6.22. The molecule has 0 radical (unpaired) electrons. The van der Waals surface area contributed by atoms with Gasteiger partial charge in [-0.3, -0.25) is 4.79 Å². The topological polar surface area (TPSA) is 54.9 Å². The van der Waals surface area contributed by atoms with Crippen molar-refractivity contribution in [3.05, 3.63) is 59.4 Å². The predicted octanol–water partition coefficient (Wildman–Crippen LogP) is 4.67. The minimum absolute atomic E-state index is 0.0252. The third kappa shape index (κ3) is 3.82. The molecule has 0 fully saturated rings. The summed E-state index contributed by atoms with van der Waals surface area (Å²) in [5.74, 6) is -0.0252. The Morgan fingerprint density at radius 1 is 1.08 bits per heavy atom. The smallest absolute Gasteiger partial charge is 0.237 e. The van der Waals surface area contributed by atoms with Crippen LogP contribution in [0, 0.1) is 20.8 Å². The number of carbonyl (C=O) groups excluding carboxylic acids is 1. The summed E-state index contributed by atoms with van der Waals surface area (Å²) in [5.41, 5.74) is 5.14. The molecule has 3 rings (SSSR count). The van der Waals surface area contributed by atoms with E-state index in [9.17, 15) is 4.79 Å². The lowest BCUT2D eigenvalue weighted by atomic mass is 10.1. The van der Waals surface area contributed by atoms with Gasteiger partial charge in [0.15, 0.2) is 0 Å². The van der Waals surface area contributed by atoms with Crippen molar-refractivity contribution in [2.24, 2.45) is 0 Å². The summed E-state index contributed by atoms with van der Waals surface area (Å²) < 4.78 is 0. The molecule has 0 aliphatic carbocycles. The Labute approximate surface area is 152 Å². The number of nitrogens with zero attached hydrogens (tertiary/aromatic N) is 2. The molecule has 4 nitrogen and oxygen atoms in total. The van der Waals surface area contributed by atoms with E-state index in [1.807, 2.05) is 45.0 Å². The van der Waals surface area contributed by atoms with Crippen molar-refractivity contribution in [2.45, 2.75) is 38.0 Å². The summed E-state index contributed by atoms with van der Waals surface area (Å²) in [4.78, 5) is 21.3. The zero-order chi connectivity index (χ0) is 18.0. The van der Waals surface area contributed by atoms with Crippen LogP contribution in [0.15, 0.2) is 47.8 Å². The number of fused-ring (bicyclic) bond motifs is 1. The molecule has 128 valence electrons. The molecule has 1 heterocycles. The van der Waals surface area contributed by atoms with Crippen molar-refractivity contribution < 1.29 is 4.79 Å². The fourth-order valence-electron chi connectivity index (χ4n) is 2.90. The van der Waals surface area contributed by atoms with Crippen molar-refractivity contribution in [1.82, 2.24) is 9.97 Å². The summed E-state index contributed by atoms with van der Waals surface area (Å²) in [6.45, 7) is 8.00. The van der Waals surface area contributed by atoms with Crippen LogP contribution in [0.25, 0.3) is 10.9 Å². The minimum Gasteiger partial charge on any atom is -0.325 e. The molecule has 0 unspecified atom stereocenters. The van der Waals surface area contributed by atoms with E-state index in [0.717, 1.165) is 32.7 Å². The Morgan fingerprint density at radius 3 is 2.48 bits per heavy atom. The molecule has 0 aliphatic rings. The van der Waals surface area contributed by atoms with E-state index >= 15 is 0 Å². The van der Waals surface area contributed by atoms with Crippen LogP contribution in [0.5, 0.6) is 0 Å². The van der Waals surface area contributed by atoms with Gasteiger partial charge in [-0.1, -0.05) is 47.7 Å². The number of aryl methyl sites for hydroxylation is 3. The van der Waals surface area contributed by atoms with Gasteiger partial charge in [-0.05, 0) is 44.9 Å². The van der Waals surface area contributed by atoms with E-state index in [1.54, 1.807) is 6.33 Å². The average molecular weight is 351 g/mol. The zero-order valence-corrected chi connectivity index (χ0v) is 15.6. The lowest BCUT2D eigenvalue weighted by Crippen LogP contribution is -2.23. The van der Waals surface area contributed by atoms with Gasteiger partial charge in [0.2, 0.25) is 5.91 Å². The molecular formula is C20H21N3OS. The van der Waals surface area contributed by atoms with Crippen molar-refractivity contribution in [3.63, 3.8) is 0 Å². The van der Waals surface area contributed by atoms with E-state index < -0.39 is 0 Å². The van der Waals surface area contributed by atoms with Crippen molar-refractivity contribution >= 4 is 34.3 Å². The molecule has 5 heteroatoms. The first-order chi connectivity index (χ1) is 12.0. The number of carbonyl (C=O) groups is 1. The molecule has 1 aromatic heterocycles. The van der Waals surface area contributed by atoms with Gasteiger partial charge in [0, 0.05) is 11.1 Å². The highest BCUT2D eigenvalue weighted by molar-refractivity contribution is 8.00. The van der Waals surface area contributed by atoms with E-state index in [2.05, 4.69) is 34.3 Å². The first-order valence-electron chi connectivity index (χ1n) is 8.21. The lowest BCUT2D eigenvalue weighted by Gasteiger charge is -2.16. The third-order valence-corrected chi connectivity index (χ3v) is 5.21. The molecule has 25 heavy (non-hydrogen) atoms. The third-order valence-electron chi connectivity index (χ3n) is 4.09. The van der Waals surface area contributed by atoms with Crippen LogP contribution in [0.3, 0.4) is 0 Å². The van der Waals surface area contributed by atoms with Gasteiger partial charge in [0.05, 0.1) is 10.8 Å². The van der Waals surface area contributed by atoms with Gasteiger partial charge in [0.25, 0.3) is 0 Å². The maximum absolute atomic E-state index is 12.7. The van der Waals surface area contributed by atoms with Gasteiger partial charge in [-0.15, -0.1) is 0 Å². The summed E-state index contributed by atoms with van der Waals surface area (Å²) in [6.07, 6.45) is 1.55. The first-order valence-corrected chi connectivity index (χ1v) is 9.09. The van der Waals surface area contributed by atoms with Gasteiger partial charge in [-0.2, -0.15) is 0 Å². The van der Waals surface area contributed by atoms with Gasteiger partial charge in [0.1, 0.15) is 11.4 Å². The number of aromatic nitrogens is 2. The number of hydrogen-bond acceptors (Lipinski definition) is 4. The van der Waals surface area contributed by atoms with Crippen molar-refractivity contribution in [3.8, 4) is 0 Å². The summed E-state index contributed by atoms with van der Waals surface area (Å²) in [5, 5.41) is 4.60. The molecule has 1 amide bonds. The minimum atomic E-state index is -0.265. The highest BCUT2D eigenvalue weighted by atomic mass is 32.2. The van der Waals surface area contributed by atoms with E-state index in [4.69, 9.17) is 0 Å². The summed E-state index contributed by atoms with van der Waals surface area (Å²) in [7, 11) is 0. The molecule has 2 aromatic carbocycles. The molecule has 0 bridgehead atoms. The lowest BCUT2D eigenvalue weighted by molar-refractivity contribution is -0.115. The van der Waals surface area contributed by atoms with Crippen LogP contribution >= 0.6 is 11.8 Å². The first kappa shape index (κ1) is 17.4. The van der Waals surface area contributed by atoms with Crippen molar-refractivity contribution in [1.29, 1.82) is 0 Å². The molecule has 0 aliphatic heterocycles. The number of thioether (sulfide) groups is 1. The van der Waals surface area contributed by atoms with E-state index in [1.165, 1.54) is 17.3 Å². The summed E-state index contributed by atoms with van der Waals surface area (Å²) in [6, 6.07) is 12.0. The number of benzene rings is 2. The SMILES string of the molecule is Cc1cc(C)c(NC(=O)[C@H](C)Sc2ncnc3ccccc23)c(C)c1. The molecule has 3 aromatic rings. The maximum atomic E-state index is 12.7. The monoisotopic (exact) mass is 351 g/mol. The number of nitrogens with one attached hydrogen (secondary N) is 1. The van der Waals surface area contributed by atoms with Crippen LogP contribution in [0.1, 0.15) is 23.6 Å². The number of para-hydroxylation sites is 1. The van der Waals surface area contributed by atoms with E-state index in [0.29, 0.717) is 0 Å². The van der Waals surface area contributed by atoms with Crippen LogP contribution in [-0.2, 0) is 4.79 Å². The Morgan fingerprint density at radius 2 is 1.76 bits per heavy atom. The fraction of sp³-hybridized carbons (Fsp3) is 0.250. The standard InChI is InChI=1S/C20H21N3OS/c1-12-9-13(2)18(14(3)10-12)23-19(24)15(4)25-20-16-7-5-6-8-17(16)21-11-22-20/h5-11,15H,1-4H3,(H,23,24)/t15-/m0/s1. The van der Waals surface area contributed by atoms with E-state index in [-0.39, 0.29) is 11.2 Å². The summed E-state index contributed by atoms with van der Waals surface area (Å²) >= 11 is 1.45.